The second-order valence-corrected chi connectivity index (χ2v) is 6.82. The molecule has 144 valence electrons. The molecule has 3 rings (SSSR count). The molecule has 1 aliphatic rings. The van der Waals surface area contributed by atoms with Gasteiger partial charge in [0, 0.05) is 38.9 Å². The van der Waals surface area contributed by atoms with E-state index in [9.17, 15) is 9.50 Å². The zero-order valence-corrected chi connectivity index (χ0v) is 15.8. The van der Waals surface area contributed by atoms with Gasteiger partial charge in [0.1, 0.15) is 11.6 Å². The number of aliphatic hydroxyl groups excluding tert-OH is 1. The molecule has 0 amide bonds. The molecule has 27 heavy (non-hydrogen) atoms. The molecule has 8 heteroatoms. The molecule has 2 unspecified atom stereocenters. The van der Waals surface area contributed by atoms with Crippen molar-refractivity contribution in [3.63, 3.8) is 0 Å². The molecule has 1 aliphatic heterocycles. The van der Waals surface area contributed by atoms with E-state index in [2.05, 4.69) is 25.5 Å². The van der Waals surface area contributed by atoms with E-state index in [1.54, 1.807) is 25.4 Å². The Bertz CT molecular complexity index is 803. The monoisotopic (exact) mass is 391 g/mol. The van der Waals surface area contributed by atoms with Gasteiger partial charge in [0.2, 0.25) is 0 Å². The first kappa shape index (κ1) is 19.4. The summed E-state index contributed by atoms with van der Waals surface area (Å²) in [6, 6.07) is 9.78. The molecule has 1 aromatic heterocycles. The molecule has 0 radical (unpaired) electrons. The number of guanidine groups is 1. The van der Waals surface area contributed by atoms with Crippen molar-refractivity contribution in [2.75, 3.05) is 31.6 Å². The minimum atomic E-state index is -0.827. The number of anilines is 1. The summed E-state index contributed by atoms with van der Waals surface area (Å²) in [6.07, 6.45) is 1.82. The summed E-state index contributed by atoms with van der Waals surface area (Å²) in [5.74, 6) is 1.01. The summed E-state index contributed by atoms with van der Waals surface area (Å²) < 4.78 is 13.3. The number of hydrogen-bond acceptors (Lipinski definition) is 4. The van der Waals surface area contributed by atoms with Crippen LogP contribution in [-0.2, 0) is 0 Å². The molecule has 2 atom stereocenters. The second-order valence-electron chi connectivity index (χ2n) is 6.41. The number of benzene rings is 1. The smallest absolute Gasteiger partial charge is 0.191 e. The van der Waals surface area contributed by atoms with Gasteiger partial charge < -0.3 is 20.6 Å². The van der Waals surface area contributed by atoms with Gasteiger partial charge in [-0.3, -0.25) is 4.99 Å². The van der Waals surface area contributed by atoms with Gasteiger partial charge in [-0.15, -0.1) is 0 Å². The van der Waals surface area contributed by atoms with Gasteiger partial charge in [-0.2, -0.15) is 0 Å². The molecule has 2 heterocycles. The summed E-state index contributed by atoms with van der Waals surface area (Å²) in [5, 5.41) is 17.3. The Morgan fingerprint density at radius 2 is 2.30 bits per heavy atom. The maximum absolute atomic E-state index is 13.3. The van der Waals surface area contributed by atoms with Gasteiger partial charge in [0.25, 0.3) is 0 Å². The van der Waals surface area contributed by atoms with Gasteiger partial charge in [-0.05, 0) is 36.2 Å². The number of aromatic nitrogens is 1. The fourth-order valence-corrected chi connectivity index (χ4v) is 3.33. The van der Waals surface area contributed by atoms with E-state index in [-0.39, 0.29) is 18.4 Å². The lowest BCUT2D eigenvalue weighted by molar-refractivity contribution is 0.180. The van der Waals surface area contributed by atoms with E-state index < -0.39 is 6.10 Å². The predicted molar refractivity (Wildman–Crippen MR) is 106 cm³/mol. The summed E-state index contributed by atoms with van der Waals surface area (Å²) in [7, 11) is 1.67. The van der Waals surface area contributed by atoms with Crippen LogP contribution in [0, 0.1) is 5.82 Å². The molecule has 0 aliphatic carbocycles. The maximum Gasteiger partial charge on any atom is 0.191 e. The van der Waals surface area contributed by atoms with Gasteiger partial charge in [0.05, 0.1) is 11.1 Å². The number of nitrogens with zero attached hydrogens (tertiary/aromatic N) is 3. The van der Waals surface area contributed by atoms with E-state index in [0.717, 1.165) is 25.3 Å². The van der Waals surface area contributed by atoms with Crippen molar-refractivity contribution in [2.24, 2.45) is 4.99 Å². The highest BCUT2D eigenvalue weighted by Crippen LogP contribution is 2.25. The first-order valence-corrected chi connectivity index (χ1v) is 9.21. The standard InChI is InChI=1S/C19H23ClFN5O/c1-22-19(24-11-17(27)13-4-2-5-14(21)10-13)25-15-7-9-26(12-15)18-16(20)6-3-8-23-18/h2-6,8,10,15,17,27H,7,9,11-12H2,1H3,(H2,22,24,25). The lowest BCUT2D eigenvalue weighted by Crippen LogP contribution is -2.45. The fourth-order valence-electron chi connectivity index (χ4n) is 3.09. The van der Waals surface area contributed by atoms with Crippen molar-refractivity contribution in [1.82, 2.24) is 15.6 Å². The van der Waals surface area contributed by atoms with Gasteiger partial charge >= 0.3 is 0 Å². The van der Waals surface area contributed by atoms with Crippen molar-refractivity contribution < 1.29 is 9.50 Å². The van der Waals surface area contributed by atoms with Gasteiger partial charge in [0.15, 0.2) is 5.96 Å². The Hall–Kier alpha value is -2.38. The molecule has 1 fully saturated rings. The Labute approximate surface area is 163 Å². The average Bonchev–Trinajstić information content (AvgIpc) is 3.13. The molecule has 0 saturated carbocycles. The normalized spacial score (nSPS) is 18.4. The van der Waals surface area contributed by atoms with Crippen LogP contribution in [0.25, 0.3) is 0 Å². The zero-order chi connectivity index (χ0) is 19.2. The van der Waals surface area contributed by atoms with Crippen LogP contribution >= 0.6 is 11.6 Å². The lowest BCUT2D eigenvalue weighted by Gasteiger charge is -2.21. The van der Waals surface area contributed by atoms with Crippen molar-refractivity contribution in [3.8, 4) is 0 Å². The third-order valence-corrected chi connectivity index (χ3v) is 4.78. The zero-order valence-electron chi connectivity index (χ0n) is 15.1. The minimum absolute atomic E-state index is 0.181. The molecule has 0 bridgehead atoms. The molecular weight excluding hydrogens is 369 g/mol. The van der Waals surface area contributed by atoms with Crippen molar-refractivity contribution >= 4 is 23.4 Å². The predicted octanol–water partition coefficient (Wildman–Crippen LogP) is 2.35. The van der Waals surface area contributed by atoms with Crippen LogP contribution in [0.4, 0.5) is 10.2 Å². The van der Waals surface area contributed by atoms with Crippen LogP contribution in [0.3, 0.4) is 0 Å². The largest absolute Gasteiger partial charge is 0.387 e. The summed E-state index contributed by atoms with van der Waals surface area (Å²) in [4.78, 5) is 10.7. The summed E-state index contributed by atoms with van der Waals surface area (Å²) >= 11 is 6.22. The van der Waals surface area contributed by atoms with Crippen LogP contribution in [0.2, 0.25) is 5.02 Å². The van der Waals surface area contributed by atoms with Crippen LogP contribution < -0.4 is 15.5 Å². The average molecular weight is 392 g/mol. The van der Waals surface area contributed by atoms with Crippen LogP contribution in [0.1, 0.15) is 18.1 Å². The second kappa shape index (κ2) is 9.01. The molecule has 6 nitrogen and oxygen atoms in total. The van der Waals surface area contributed by atoms with E-state index in [1.165, 1.54) is 12.1 Å². The van der Waals surface area contributed by atoms with Crippen LogP contribution in [0.5, 0.6) is 0 Å². The molecular formula is C19H23ClFN5O. The number of pyridine rings is 1. The maximum atomic E-state index is 13.3. The highest BCUT2D eigenvalue weighted by molar-refractivity contribution is 6.32. The number of hydrogen-bond donors (Lipinski definition) is 3. The fraction of sp³-hybridized carbons (Fsp3) is 0.368. The van der Waals surface area contributed by atoms with Crippen LogP contribution in [0.15, 0.2) is 47.6 Å². The number of aliphatic imine (C=N–C) groups is 1. The van der Waals surface area contributed by atoms with E-state index in [4.69, 9.17) is 11.6 Å². The van der Waals surface area contributed by atoms with E-state index >= 15 is 0 Å². The van der Waals surface area contributed by atoms with Gasteiger partial charge in [-0.25, -0.2) is 9.37 Å². The SMILES string of the molecule is CN=C(NCC(O)c1cccc(F)c1)NC1CCN(c2ncccc2Cl)C1. The van der Waals surface area contributed by atoms with E-state index in [0.29, 0.717) is 16.5 Å². The molecule has 0 spiro atoms. The first-order valence-electron chi connectivity index (χ1n) is 8.83. The molecule has 1 saturated heterocycles. The quantitative estimate of drug-likeness (QED) is 0.539. The number of aliphatic hydroxyl groups is 1. The highest BCUT2D eigenvalue weighted by atomic mass is 35.5. The Morgan fingerprint density at radius 3 is 3.04 bits per heavy atom. The Balaban J connectivity index is 1.51. The molecule has 1 aromatic carbocycles. The van der Waals surface area contributed by atoms with Crippen molar-refractivity contribution in [1.29, 1.82) is 0 Å². The molecule has 3 N–H and O–H groups in total. The number of rotatable bonds is 5. The Morgan fingerprint density at radius 1 is 1.44 bits per heavy atom. The lowest BCUT2D eigenvalue weighted by atomic mass is 10.1. The number of halogens is 2. The van der Waals surface area contributed by atoms with E-state index in [1.807, 2.05) is 12.1 Å². The van der Waals surface area contributed by atoms with Gasteiger partial charge in [-0.1, -0.05) is 23.7 Å². The minimum Gasteiger partial charge on any atom is -0.387 e. The first-order chi connectivity index (χ1) is 13.1. The van der Waals surface area contributed by atoms with Crippen molar-refractivity contribution in [3.05, 3.63) is 59.0 Å². The Kier molecular flexibility index (Phi) is 6.47. The summed E-state index contributed by atoms with van der Waals surface area (Å²) in [6.45, 7) is 1.83. The third-order valence-electron chi connectivity index (χ3n) is 4.49. The third kappa shape index (κ3) is 5.08. The highest BCUT2D eigenvalue weighted by Gasteiger charge is 2.25. The van der Waals surface area contributed by atoms with Crippen molar-refractivity contribution in [2.45, 2.75) is 18.6 Å². The van der Waals surface area contributed by atoms with Crippen LogP contribution in [-0.4, -0.2) is 48.8 Å². The topological polar surface area (TPSA) is 72.8 Å². The number of nitrogens with one attached hydrogen (secondary N) is 2. The molecule has 2 aromatic rings. The summed E-state index contributed by atoms with van der Waals surface area (Å²) in [5.41, 5.74) is 0.523.